The number of nitrogens with zero attached hydrogens (tertiary/aromatic N) is 1. The van der Waals surface area contributed by atoms with Crippen LogP contribution in [0.2, 0.25) is 5.02 Å². The van der Waals surface area contributed by atoms with Gasteiger partial charge in [0.2, 0.25) is 0 Å². The van der Waals surface area contributed by atoms with Crippen LogP contribution in [0.4, 0.5) is 29.7 Å². The summed E-state index contributed by atoms with van der Waals surface area (Å²) >= 11 is 6.78. The number of aromatic nitrogens is 1. The molecule has 180 valence electrons. The van der Waals surface area contributed by atoms with E-state index in [1.165, 1.54) is 6.07 Å². The van der Waals surface area contributed by atoms with Crippen LogP contribution in [-0.2, 0) is 6.18 Å². The summed E-state index contributed by atoms with van der Waals surface area (Å²) in [7, 11) is 0. The molecule has 35 heavy (non-hydrogen) atoms. The lowest BCUT2D eigenvalue weighted by atomic mass is 10.1. The maximum atomic E-state index is 13.2. The zero-order valence-electron chi connectivity index (χ0n) is 18.3. The van der Waals surface area contributed by atoms with Gasteiger partial charge in [0, 0.05) is 16.9 Å². The molecule has 0 unspecified atom stereocenters. The number of hydrogen-bond donors (Lipinski definition) is 2. The van der Waals surface area contributed by atoms with Crippen LogP contribution in [0.3, 0.4) is 0 Å². The zero-order valence-corrected chi connectivity index (χ0v) is 19.9. The first kappa shape index (κ1) is 24.6. The number of hydrogen-bond acceptors (Lipinski definition) is 5. The van der Waals surface area contributed by atoms with Crippen LogP contribution >= 0.6 is 22.9 Å². The zero-order chi connectivity index (χ0) is 25.0. The molecule has 0 fully saturated rings. The van der Waals surface area contributed by atoms with Crippen molar-refractivity contribution in [2.75, 3.05) is 17.2 Å². The Morgan fingerprint density at radius 1 is 1.03 bits per heavy atom. The van der Waals surface area contributed by atoms with Gasteiger partial charge < -0.3 is 15.4 Å². The molecule has 0 spiro atoms. The van der Waals surface area contributed by atoms with E-state index in [2.05, 4.69) is 15.6 Å². The van der Waals surface area contributed by atoms with Gasteiger partial charge in [-0.2, -0.15) is 13.2 Å². The second-order valence-electron chi connectivity index (χ2n) is 7.29. The van der Waals surface area contributed by atoms with Gasteiger partial charge in [-0.15, -0.1) is 0 Å². The first-order valence-electron chi connectivity index (χ1n) is 10.5. The Hall–Kier alpha value is -3.56. The van der Waals surface area contributed by atoms with Gasteiger partial charge in [0.1, 0.15) is 10.6 Å². The minimum atomic E-state index is -4.65. The average molecular weight is 518 g/mol. The van der Waals surface area contributed by atoms with Crippen LogP contribution in [0.5, 0.6) is 5.75 Å². The Balaban J connectivity index is 1.64. The molecule has 4 rings (SSSR count). The van der Waals surface area contributed by atoms with E-state index >= 15 is 0 Å². The van der Waals surface area contributed by atoms with Crippen molar-refractivity contribution < 1.29 is 22.7 Å². The van der Waals surface area contributed by atoms with E-state index in [1.54, 1.807) is 12.1 Å². The summed E-state index contributed by atoms with van der Waals surface area (Å²) in [5, 5.41) is 5.70. The second-order valence-corrected chi connectivity index (χ2v) is 8.70. The summed E-state index contributed by atoms with van der Waals surface area (Å²) in [6.07, 6.45) is -4.65. The Morgan fingerprint density at radius 3 is 2.37 bits per heavy atom. The van der Waals surface area contributed by atoms with Crippen molar-refractivity contribution >= 4 is 45.4 Å². The van der Waals surface area contributed by atoms with Crippen molar-refractivity contribution in [2.24, 2.45) is 0 Å². The standard InChI is InChI=1S/C25H19ClF3N3O2S/c1-2-34-18-11-8-16(9-12-18)31-24-32-21(15-6-4-3-5-7-15)22(35-24)23(33)30-17-10-13-20(26)19(14-17)25(27,28)29/h3-14H,2H2,1H3,(H,30,33)(H,31,32). The average Bonchev–Trinajstić information content (AvgIpc) is 3.25. The van der Waals surface area contributed by atoms with Crippen molar-refractivity contribution in [1.82, 2.24) is 4.98 Å². The maximum Gasteiger partial charge on any atom is 0.417 e. The SMILES string of the molecule is CCOc1ccc(Nc2nc(-c3ccccc3)c(C(=O)Nc3ccc(Cl)c(C(F)(F)F)c3)s2)cc1. The number of alkyl halides is 3. The van der Waals surface area contributed by atoms with Gasteiger partial charge in [0.05, 0.1) is 22.9 Å². The van der Waals surface area contributed by atoms with E-state index in [0.717, 1.165) is 34.9 Å². The minimum Gasteiger partial charge on any atom is -0.494 e. The number of halogens is 4. The Morgan fingerprint density at radius 2 is 1.71 bits per heavy atom. The molecule has 0 aliphatic heterocycles. The van der Waals surface area contributed by atoms with E-state index in [-0.39, 0.29) is 10.6 Å². The number of benzene rings is 3. The van der Waals surface area contributed by atoms with Gasteiger partial charge in [0.25, 0.3) is 5.91 Å². The third-order valence-electron chi connectivity index (χ3n) is 4.83. The summed E-state index contributed by atoms with van der Waals surface area (Å²) in [6.45, 7) is 2.45. The van der Waals surface area contributed by atoms with Crippen LogP contribution in [0, 0.1) is 0 Å². The lowest BCUT2D eigenvalue weighted by Gasteiger charge is -2.11. The summed E-state index contributed by atoms with van der Waals surface area (Å²) in [6, 6.07) is 19.5. The molecule has 0 saturated heterocycles. The molecule has 4 aromatic rings. The molecule has 2 N–H and O–H groups in total. The van der Waals surface area contributed by atoms with Crippen LogP contribution in [0.15, 0.2) is 72.8 Å². The third-order valence-corrected chi connectivity index (χ3v) is 6.13. The predicted octanol–water partition coefficient (Wildman–Crippen LogP) is 7.88. The first-order chi connectivity index (χ1) is 16.7. The molecule has 0 aliphatic carbocycles. The third kappa shape index (κ3) is 5.93. The summed E-state index contributed by atoms with van der Waals surface area (Å²) in [5.41, 5.74) is 0.788. The number of carbonyl (C=O) groups excluding carboxylic acids is 1. The lowest BCUT2D eigenvalue weighted by molar-refractivity contribution is -0.137. The number of rotatable bonds is 7. The van der Waals surface area contributed by atoms with Crippen LogP contribution in [0.1, 0.15) is 22.2 Å². The van der Waals surface area contributed by atoms with Gasteiger partial charge in [-0.25, -0.2) is 4.98 Å². The molecule has 0 aliphatic rings. The van der Waals surface area contributed by atoms with Gasteiger partial charge in [-0.3, -0.25) is 4.79 Å². The van der Waals surface area contributed by atoms with Crippen molar-refractivity contribution in [1.29, 1.82) is 0 Å². The predicted molar refractivity (Wildman–Crippen MR) is 133 cm³/mol. The van der Waals surface area contributed by atoms with Crippen molar-refractivity contribution in [3.05, 3.63) is 88.3 Å². The van der Waals surface area contributed by atoms with Crippen LogP contribution in [0.25, 0.3) is 11.3 Å². The quantitative estimate of drug-likeness (QED) is 0.262. The number of anilines is 3. The first-order valence-corrected chi connectivity index (χ1v) is 11.7. The van der Waals surface area contributed by atoms with Gasteiger partial charge >= 0.3 is 6.18 Å². The van der Waals surface area contributed by atoms with Gasteiger partial charge in [0.15, 0.2) is 5.13 Å². The fourth-order valence-corrected chi connectivity index (χ4v) is 4.38. The van der Waals surface area contributed by atoms with E-state index in [4.69, 9.17) is 16.3 Å². The largest absolute Gasteiger partial charge is 0.494 e. The topological polar surface area (TPSA) is 63.2 Å². The van der Waals surface area contributed by atoms with Crippen LogP contribution < -0.4 is 15.4 Å². The van der Waals surface area contributed by atoms with E-state index < -0.39 is 22.7 Å². The fourth-order valence-electron chi connectivity index (χ4n) is 3.25. The number of ether oxygens (including phenoxy) is 1. The molecule has 10 heteroatoms. The highest BCUT2D eigenvalue weighted by atomic mass is 35.5. The fraction of sp³-hybridized carbons (Fsp3) is 0.120. The normalized spacial score (nSPS) is 11.2. The maximum absolute atomic E-state index is 13.2. The molecule has 5 nitrogen and oxygen atoms in total. The number of amides is 1. The molecular weight excluding hydrogens is 499 g/mol. The van der Waals surface area contributed by atoms with E-state index in [1.807, 2.05) is 49.4 Å². The summed E-state index contributed by atoms with van der Waals surface area (Å²) in [5.74, 6) is 0.139. The van der Waals surface area contributed by atoms with Crippen molar-refractivity contribution in [3.8, 4) is 17.0 Å². The van der Waals surface area contributed by atoms with Crippen LogP contribution in [-0.4, -0.2) is 17.5 Å². The monoisotopic (exact) mass is 517 g/mol. The molecule has 1 amide bonds. The summed E-state index contributed by atoms with van der Waals surface area (Å²) in [4.78, 5) is 18.0. The van der Waals surface area contributed by atoms with Gasteiger partial charge in [-0.1, -0.05) is 53.3 Å². The van der Waals surface area contributed by atoms with Crippen molar-refractivity contribution in [3.63, 3.8) is 0 Å². The lowest BCUT2D eigenvalue weighted by Crippen LogP contribution is -2.13. The molecular formula is C25H19ClF3N3O2S. The Kier molecular flexibility index (Phi) is 7.28. The second kappa shape index (κ2) is 10.4. The Bertz CT molecular complexity index is 1330. The number of carbonyl (C=O) groups is 1. The highest BCUT2D eigenvalue weighted by molar-refractivity contribution is 7.18. The van der Waals surface area contributed by atoms with Gasteiger partial charge in [-0.05, 0) is 49.4 Å². The van der Waals surface area contributed by atoms with E-state index in [0.29, 0.717) is 23.0 Å². The molecule has 3 aromatic carbocycles. The highest BCUT2D eigenvalue weighted by Crippen LogP contribution is 2.37. The molecule has 0 saturated carbocycles. The molecule has 0 atom stereocenters. The minimum absolute atomic E-state index is 0.0276. The molecule has 1 aromatic heterocycles. The highest BCUT2D eigenvalue weighted by Gasteiger charge is 2.33. The molecule has 0 radical (unpaired) electrons. The van der Waals surface area contributed by atoms with Crippen molar-refractivity contribution in [2.45, 2.75) is 13.1 Å². The van der Waals surface area contributed by atoms with E-state index in [9.17, 15) is 18.0 Å². The number of nitrogens with one attached hydrogen (secondary N) is 2. The Labute approximate surface area is 208 Å². The summed E-state index contributed by atoms with van der Waals surface area (Å²) < 4.78 is 45.1. The molecule has 0 bridgehead atoms. The smallest absolute Gasteiger partial charge is 0.417 e. The molecule has 1 heterocycles. The number of thiazole rings is 1.